The number of nitrogens with zero attached hydrogens (tertiary/aromatic N) is 2. The summed E-state index contributed by atoms with van der Waals surface area (Å²) in [5, 5.41) is 3.73. The minimum absolute atomic E-state index is 0.522. The summed E-state index contributed by atoms with van der Waals surface area (Å²) in [6.07, 6.45) is 13.2. The Balaban J connectivity index is 1.50. The molecule has 0 spiro atoms. The quantitative estimate of drug-likeness (QED) is 0.780. The predicted molar refractivity (Wildman–Crippen MR) is 64.0 cm³/mol. The van der Waals surface area contributed by atoms with Gasteiger partial charge in [0.25, 0.3) is 0 Å². The molecule has 1 N–H and O–H groups in total. The summed E-state index contributed by atoms with van der Waals surface area (Å²) in [5.74, 6) is 1.75. The molecule has 0 radical (unpaired) electrons. The molecule has 0 amide bonds. The molecule has 1 aromatic heterocycles. The van der Waals surface area contributed by atoms with E-state index in [-0.39, 0.29) is 0 Å². The van der Waals surface area contributed by atoms with E-state index < -0.39 is 0 Å². The molecular weight excluding hydrogens is 198 g/mol. The summed E-state index contributed by atoms with van der Waals surface area (Å²) in [6.45, 7) is 3.27. The van der Waals surface area contributed by atoms with Gasteiger partial charge in [-0.15, -0.1) is 0 Å². The lowest BCUT2D eigenvalue weighted by Crippen LogP contribution is -2.51. The number of nitrogens with one attached hydrogen (secondary N) is 1. The number of fused-ring (bicyclic) bond motifs is 1. The van der Waals surface area contributed by atoms with Gasteiger partial charge in [0.05, 0.1) is 6.33 Å². The first-order valence-corrected chi connectivity index (χ1v) is 6.21. The summed E-state index contributed by atoms with van der Waals surface area (Å²) in [4.78, 5) is 4.07. The highest BCUT2D eigenvalue weighted by molar-refractivity contribution is 5.13. The molecule has 1 aromatic rings. The number of aromatic nitrogens is 2. The first kappa shape index (κ1) is 10.1. The summed E-state index contributed by atoms with van der Waals surface area (Å²) in [5.41, 5.74) is 0. The van der Waals surface area contributed by atoms with Crippen LogP contribution >= 0.6 is 0 Å². The van der Waals surface area contributed by atoms with Gasteiger partial charge in [-0.25, -0.2) is 4.98 Å². The Hall–Kier alpha value is -1.09. The first-order chi connectivity index (χ1) is 7.83. The zero-order valence-electron chi connectivity index (χ0n) is 9.71. The molecule has 4 atom stereocenters. The van der Waals surface area contributed by atoms with Crippen molar-refractivity contribution in [1.82, 2.24) is 14.9 Å². The molecule has 1 heterocycles. The Bertz CT molecular complexity index is 369. The molecule has 2 aliphatic carbocycles. The number of imidazole rings is 1. The number of hydrogen-bond donors (Lipinski definition) is 1. The average Bonchev–Trinajstić information content (AvgIpc) is 2.84. The molecule has 86 valence electrons. The Kier molecular flexibility index (Phi) is 2.56. The summed E-state index contributed by atoms with van der Waals surface area (Å²) in [7, 11) is 0. The van der Waals surface area contributed by atoms with E-state index in [0.717, 1.165) is 18.4 Å². The van der Waals surface area contributed by atoms with E-state index in [1.54, 1.807) is 0 Å². The van der Waals surface area contributed by atoms with Gasteiger partial charge in [-0.1, -0.05) is 12.2 Å². The van der Waals surface area contributed by atoms with Gasteiger partial charge in [-0.2, -0.15) is 0 Å². The van der Waals surface area contributed by atoms with Crippen LogP contribution in [0.5, 0.6) is 0 Å². The van der Waals surface area contributed by atoms with Crippen molar-refractivity contribution in [3.63, 3.8) is 0 Å². The second-order valence-corrected chi connectivity index (χ2v) is 5.17. The van der Waals surface area contributed by atoms with E-state index in [0.29, 0.717) is 12.1 Å². The van der Waals surface area contributed by atoms with Crippen molar-refractivity contribution < 1.29 is 0 Å². The normalized spacial score (nSPS) is 33.4. The van der Waals surface area contributed by atoms with Crippen LogP contribution in [0.25, 0.3) is 0 Å². The maximum Gasteiger partial charge on any atom is 0.0946 e. The molecule has 4 unspecified atom stereocenters. The van der Waals surface area contributed by atoms with Gasteiger partial charge in [0.15, 0.2) is 0 Å². The average molecular weight is 217 g/mol. The largest absolute Gasteiger partial charge is 0.336 e. The fourth-order valence-corrected chi connectivity index (χ4v) is 3.04. The molecule has 2 aliphatic rings. The number of rotatable bonds is 4. The van der Waals surface area contributed by atoms with Gasteiger partial charge >= 0.3 is 0 Å². The van der Waals surface area contributed by atoms with Crippen LogP contribution in [-0.4, -0.2) is 21.6 Å². The lowest BCUT2D eigenvalue weighted by atomic mass is 9.71. The molecule has 3 rings (SSSR count). The molecule has 3 heteroatoms. The summed E-state index contributed by atoms with van der Waals surface area (Å²) < 4.78 is 2.14. The molecule has 0 aliphatic heterocycles. The van der Waals surface area contributed by atoms with Crippen LogP contribution < -0.4 is 5.32 Å². The topological polar surface area (TPSA) is 29.9 Å². The summed E-state index contributed by atoms with van der Waals surface area (Å²) in [6, 6.07) is 1.23. The first-order valence-electron chi connectivity index (χ1n) is 6.21. The second kappa shape index (κ2) is 4.06. The molecule has 3 nitrogen and oxygen atoms in total. The van der Waals surface area contributed by atoms with Crippen LogP contribution in [-0.2, 0) is 6.54 Å². The zero-order chi connectivity index (χ0) is 11.0. The van der Waals surface area contributed by atoms with Gasteiger partial charge < -0.3 is 9.88 Å². The van der Waals surface area contributed by atoms with Crippen LogP contribution in [0.15, 0.2) is 30.9 Å². The predicted octanol–water partition coefficient (Wildman–Crippen LogP) is 1.83. The monoisotopic (exact) mass is 217 g/mol. The van der Waals surface area contributed by atoms with E-state index >= 15 is 0 Å². The fourth-order valence-electron chi connectivity index (χ4n) is 3.04. The number of allylic oxidation sites excluding steroid dienone is 1. The molecular formula is C13H19N3. The van der Waals surface area contributed by atoms with E-state index in [2.05, 4.69) is 33.9 Å². The lowest BCUT2D eigenvalue weighted by molar-refractivity contribution is 0.149. The molecule has 0 saturated heterocycles. The van der Waals surface area contributed by atoms with Crippen LogP contribution in [0.4, 0.5) is 0 Å². The molecule has 1 fully saturated rings. The fraction of sp³-hybridized carbons (Fsp3) is 0.615. The van der Waals surface area contributed by atoms with Crippen molar-refractivity contribution in [2.24, 2.45) is 11.8 Å². The van der Waals surface area contributed by atoms with Gasteiger partial charge in [0.2, 0.25) is 0 Å². The van der Waals surface area contributed by atoms with Crippen LogP contribution in [0.3, 0.4) is 0 Å². The van der Waals surface area contributed by atoms with Gasteiger partial charge in [-0.3, -0.25) is 0 Å². The van der Waals surface area contributed by atoms with E-state index in [1.165, 1.54) is 12.8 Å². The maximum atomic E-state index is 4.07. The highest BCUT2D eigenvalue weighted by Gasteiger charge is 2.41. The second-order valence-electron chi connectivity index (χ2n) is 5.17. The van der Waals surface area contributed by atoms with E-state index in [4.69, 9.17) is 0 Å². The highest BCUT2D eigenvalue weighted by Crippen LogP contribution is 2.42. The minimum Gasteiger partial charge on any atom is -0.336 e. The van der Waals surface area contributed by atoms with Crippen LogP contribution in [0, 0.1) is 11.8 Å². The van der Waals surface area contributed by atoms with Crippen molar-refractivity contribution >= 4 is 0 Å². The van der Waals surface area contributed by atoms with Crippen molar-refractivity contribution in [3.05, 3.63) is 30.9 Å². The smallest absolute Gasteiger partial charge is 0.0946 e. The van der Waals surface area contributed by atoms with Crippen LogP contribution in [0.1, 0.15) is 19.8 Å². The van der Waals surface area contributed by atoms with Gasteiger partial charge in [0, 0.05) is 31.0 Å². The maximum absolute atomic E-state index is 4.07. The van der Waals surface area contributed by atoms with Gasteiger partial charge in [-0.05, 0) is 31.6 Å². The molecule has 0 aromatic carbocycles. The van der Waals surface area contributed by atoms with Crippen molar-refractivity contribution in [2.45, 2.75) is 38.4 Å². The number of hydrogen-bond acceptors (Lipinski definition) is 2. The van der Waals surface area contributed by atoms with Gasteiger partial charge in [0.1, 0.15) is 0 Å². The Morgan fingerprint density at radius 3 is 3.25 bits per heavy atom. The van der Waals surface area contributed by atoms with E-state index in [9.17, 15) is 0 Å². The lowest BCUT2D eigenvalue weighted by Gasteiger charge is -2.42. The Morgan fingerprint density at radius 2 is 2.50 bits per heavy atom. The third-order valence-electron chi connectivity index (χ3n) is 3.91. The third-order valence-corrected chi connectivity index (χ3v) is 3.91. The molecule has 16 heavy (non-hydrogen) atoms. The SMILES string of the molecule is CC(Cn1ccnc1)NC1CC2CC=CC21. The van der Waals surface area contributed by atoms with Crippen molar-refractivity contribution in [2.75, 3.05) is 0 Å². The Morgan fingerprint density at radius 1 is 1.56 bits per heavy atom. The van der Waals surface area contributed by atoms with E-state index in [1.807, 2.05) is 18.7 Å². The van der Waals surface area contributed by atoms with Crippen LogP contribution in [0.2, 0.25) is 0 Å². The molecule has 1 saturated carbocycles. The highest BCUT2D eigenvalue weighted by atomic mass is 15.1. The van der Waals surface area contributed by atoms with Crippen molar-refractivity contribution in [1.29, 1.82) is 0 Å². The minimum atomic E-state index is 0.522. The third kappa shape index (κ3) is 1.80. The van der Waals surface area contributed by atoms with Crippen molar-refractivity contribution in [3.8, 4) is 0 Å². The zero-order valence-corrected chi connectivity index (χ0v) is 9.71. The molecule has 0 bridgehead atoms. The summed E-state index contributed by atoms with van der Waals surface area (Å²) >= 11 is 0. The Labute approximate surface area is 96.6 Å². The standard InChI is InChI=1S/C13H19N3/c1-10(8-16-6-5-14-9-16)15-13-7-11-3-2-4-12(11)13/h2,4-6,9-13,15H,3,7-8H2,1H3.